The Balaban J connectivity index is 1.43. The van der Waals surface area contributed by atoms with Crippen molar-refractivity contribution in [1.29, 1.82) is 0 Å². The summed E-state index contributed by atoms with van der Waals surface area (Å²) in [6.45, 7) is 3.02. The van der Waals surface area contributed by atoms with Gasteiger partial charge in [0.15, 0.2) is 0 Å². The number of rotatable bonds is 11. The summed E-state index contributed by atoms with van der Waals surface area (Å²) in [6, 6.07) is 11.2. The van der Waals surface area contributed by atoms with Gasteiger partial charge in [-0.2, -0.15) is 4.98 Å². The normalized spacial score (nSPS) is 10.6. The van der Waals surface area contributed by atoms with E-state index in [4.69, 9.17) is 14.0 Å². The number of methoxy groups -OCH3 is 1. The summed E-state index contributed by atoms with van der Waals surface area (Å²) in [5, 5.41) is 6.91. The number of carbonyl (C=O) groups is 1. The van der Waals surface area contributed by atoms with Crippen LogP contribution in [0.4, 0.5) is 0 Å². The molecule has 1 aromatic carbocycles. The van der Waals surface area contributed by atoms with Gasteiger partial charge in [0.1, 0.15) is 5.75 Å². The number of pyridine rings is 1. The first-order chi connectivity index (χ1) is 14.7. The molecule has 0 atom stereocenters. The topological polar surface area (TPSA) is 99.4 Å². The highest BCUT2D eigenvalue weighted by molar-refractivity contribution is 5.75. The highest BCUT2D eigenvalue weighted by Crippen LogP contribution is 2.20. The molecule has 1 N–H and O–H groups in total. The van der Waals surface area contributed by atoms with Crippen LogP contribution in [0.2, 0.25) is 0 Å². The number of nitrogens with zero attached hydrogens (tertiary/aromatic N) is 3. The summed E-state index contributed by atoms with van der Waals surface area (Å²) in [6.07, 6.45) is 4.10. The molecule has 3 rings (SSSR count). The van der Waals surface area contributed by atoms with E-state index in [1.807, 2.05) is 43.3 Å². The number of ether oxygens (including phenoxy) is 2. The molecule has 8 nitrogen and oxygen atoms in total. The van der Waals surface area contributed by atoms with Gasteiger partial charge in [-0.25, -0.2) is 4.98 Å². The van der Waals surface area contributed by atoms with Crippen LogP contribution in [-0.2, 0) is 17.8 Å². The molecule has 0 saturated heterocycles. The molecule has 0 saturated carbocycles. The molecule has 8 heteroatoms. The van der Waals surface area contributed by atoms with E-state index in [9.17, 15) is 4.79 Å². The molecule has 0 aliphatic heterocycles. The Labute approximate surface area is 175 Å². The smallest absolute Gasteiger partial charge is 0.226 e. The van der Waals surface area contributed by atoms with Gasteiger partial charge in [-0.15, -0.1) is 0 Å². The Hall–Kier alpha value is -3.42. The molecule has 3 aromatic rings. The number of aromatic nitrogens is 3. The van der Waals surface area contributed by atoms with Gasteiger partial charge in [-0.05, 0) is 43.2 Å². The van der Waals surface area contributed by atoms with E-state index in [-0.39, 0.29) is 5.91 Å². The lowest BCUT2D eigenvalue weighted by Crippen LogP contribution is -2.23. The van der Waals surface area contributed by atoms with E-state index in [0.29, 0.717) is 50.0 Å². The predicted octanol–water partition coefficient (Wildman–Crippen LogP) is 3.57. The molecule has 1 amide bonds. The Morgan fingerprint density at radius 2 is 2.03 bits per heavy atom. The number of aryl methyl sites for hydroxylation is 1. The first-order valence-electron chi connectivity index (χ1n) is 10.00. The summed E-state index contributed by atoms with van der Waals surface area (Å²) in [5.74, 6) is 2.32. The second-order valence-corrected chi connectivity index (χ2v) is 6.69. The molecule has 0 radical (unpaired) electrons. The number of hydrogen-bond donors (Lipinski definition) is 1. The maximum atomic E-state index is 12.2. The molecule has 2 aromatic heterocycles. The highest BCUT2D eigenvalue weighted by Gasteiger charge is 2.11. The van der Waals surface area contributed by atoms with Crippen molar-refractivity contribution in [2.75, 3.05) is 13.7 Å². The van der Waals surface area contributed by atoms with Crippen molar-refractivity contribution < 1.29 is 18.8 Å². The van der Waals surface area contributed by atoms with Crippen molar-refractivity contribution in [1.82, 2.24) is 20.4 Å². The lowest BCUT2D eigenvalue weighted by atomic mass is 10.2. The number of nitrogens with one attached hydrogen (secondary N) is 1. The summed E-state index contributed by atoms with van der Waals surface area (Å²) in [4.78, 5) is 20.8. The Morgan fingerprint density at radius 1 is 1.20 bits per heavy atom. The minimum atomic E-state index is -0.0461. The second kappa shape index (κ2) is 10.9. The first-order valence-corrected chi connectivity index (χ1v) is 10.00. The maximum Gasteiger partial charge on any atom is 0.226 e. The van der Waals surface area contributed by atoms with Crippen LogP contribution < -0.4 is 14.8 Å². The van der Waals surface area contributed by atoms with Gasteiger partial charge in [0.05, 0.1) is 13.7 Å². The Morgan fingerprint density at radius 3 is 2.80 bits per heavy atom. The summed E-state index contributed by atoms with van der Waals surface area (Å²) < 4.78 is 16.0. The SMILES string of the molecule is CCCOc1ncccc1CNC(=O)CCCc1nc(-c2ccc(OC)cc2)no1. The zero-order valence-electron chi connectivity index (χ0n) is 17.3. The van der Waals surface area contributed by atoms with Gasteiger partial charge >= 0.3 is 0 Å². The van der Waals surface area contributed by atoms with Crippen molar-refractivity contribution in [3.05, 3.63) is 54.0 Å². The molecule has 30 heavy (non-hydrogen) atoms. The fourth-order valence-corrected chi connectivity index (χ4v) is 2.78. The lowest BCUT2D eigenvalue weighted by molar-refractivity contribution is -0.121. The summed E-state index contributed by atoms with van der Waals surface area (Å²) in [7, 11) is 1.62. The van der Waals surface area contributed by atoms with Crippen LogP contribution in [0.1, 0.15) is 37.6 Å². The van der Waals surface area contributed by atoms with Gasteiger partial charge < -0.3 is 19.3 Å². The third-order valence-corrected chi connectivity index (χ3v) is 4.38. The van der Waals surface area contributed by atoms with Crippen molar-refractivity contribution >= 4 is 5.91 Å². The molecule has 0 spiro atoms. The average Bonchev–Trinajstić information content (AvgIpc) is 3.25. The lowest BCUT2D eigenvalue weighted by Gasteiger charge is -2.10. The van der Waals surface area contributed by atoms with Crippen molar-refractivity contribution in [3.63, 3.8) is 0 Å². The number of hydrogen-bond acceptors (Lipinski definition) is 7. The Bertz CT molecular complexity index is 940. The molecular formula is C22H26N4O4. The number of amides is 1. The zero-order valence-corrected chi connectivity index (χ0v) is 17.3. The highest BCUT2D eigenvalue weighted by atomic mass is 16.5. The summed E-state index contributed by atoms with van der Waals surface area (Å²) >= 11 is 0. The molecule has 158 valence electrons. The number of carbonyl (C=O) groups excluding carboxylic acids is 1. The van der Waals surface area contributed by atoms with Gasteiger partial charge in [0.25, 0.3) is 0 Å². The van der Waals surface area contributed by atoms with Crippen molar-refractivity contribution in [2.45, 2.75) is 39.2 Å². The third kappa shape index (κ3) is 6.04. The predicted molar refractivity (Wildman–Crippen MR) is 111 cm³/mol. The quantitative estimate of drug-likeness (QED) is 0.516. The zero-order chi connectivity index (χ0) is 21.2. The van der Waals surface area contributed by atoms with Crippen LogP contribution in [0.25, 0.3) is 11.4 Å². The minimum Gasteiger partial charge on any atom is -0.497 e. The molecule has 0 fully saturated rings. The van der Waals surface area contributed by atoms with E-state index in [0.717, 1.165) is 23.3 Å². The van der Waals surface area contributed by atoms with Gasteiger partial charge in [-0.3, -0.25) is 4.79 Å². The van der Waals surface area contributed by atoms with E-state index in [1.165, 1.54) is 0 Å². The van der Waals surface area contributed by atoms with Crippen LogP contribution in [0.3, 0.4) is 0 Å². The molecule has 0 aliphatic carbocycles. The molecule has 0 unspecified atom stereocenters. The van der Waals surface area contributed by atoms with Crippen LogP contribution >= 0.6 is 0 Å². The molecule has 0 aliphatic rings. The first kappa shape index (κ1) is 21.3. The van der Waals surface area contributed by atoms with E-state index >= 15 is 0 Å². The molecule has 0 bridgehead atoms. The summed E-state index contributed by atoms with van der Waals surface area (Å²) in [5.41, 5.74) is 1.71. The molecule has 2 heterocycles. The Kier molecular flexibility index (Phi) is 7.77. The van der Waals surface area contributed by atoms with Crippen molar-refractivity contribution in [2.24, 2.45) is 0 Å². The van der Waals surface area contributed by atoms with Crippen molar-refractivity contribution in [3.8, 4) is 23.0 Å². The largest absolute Gasteiger partial charge is 0.497 e. The maximum absolute atomic E-state index is 12.2. The average molecular weight is 410 g/mol. The van der Waals surface area contributed by atoms with Gasteiger partial charge in [0.2, 0.25) is 23.5 Å². The fraction of sp³-hybridized carbons (Fsp3) is 0.364. The van der Waals surface area contributed by atoms with Crippen LogP contribution in [0.5, 0.6) is 11.6 Å². The van der Waals surface area contributed by atoms with E-state index in [1.54, 1.807) is 13.3 Å². The van der Waals surface area contributed by atoms with E-state index in [2.05, 4.69) is 20.4 Å². The monoisotopic (exact) mass is 410 g/mol. The van der Waals surface area contributed by atoms with E-state index < -0.39 is 0 Å². The fourth-order valence-electron chi connectivity index (χ4n) is 2.78. The van der Waals surface area contributed by atoms with Gasteiger partial charge in [-0.1, -0.05) is 18.1 Å². The number of benzene rings is 1. The van der Waals surface area contributed by atoms with Crippen LogP contribution in [0.15, 0.2) is 47.1 Å². The minimum absolute atomic E-state index is 0.0461. The second-order valence-electron chi connectivity index (χ2n) is 6.69. The standard InChI is InChI=1S/C22H26N4O4/c1-3-14-29-22-17(6-5-13-23-22)15-24-19(27)7-4-8-20-25-21(26-30-20)16-9-11-18(28-2)12-10-16/h5-6,9-13H,3-4,7-8,14-15H2,1-2H3,(H,24,27). The van der Waals surface area contributed by atoms with Gasteiger partial charge in [0, 0.05) is 36.7 Å². The molecular weight excluding hydrogens is 384 g/mol. The van der Waals surface area contributed by atoms with Crippen LogP contribution in [0, 0.1) is 0 Å². The third-order valence-electron chi connectivity index (χ3n) is 4.38. The van der Waals surface area contributed by atoms with Crippen LogP contribution in [-0.4, -0.2) is 34.7 Å².